The normalized spacial score (nSPS) is 23.1. The monoisotopic (exact) mass is 492 g/mol. The summed E-state index contributed by atoms with van der Waals surface area (Å²) < 4.78 is 10.4. The van der Waals surface area contributed by atoms with Gasteiger partial charge in [0.15, 0.2) is 6.10 Å². The van der Waals surface area contributed by atoms with Crippen molar-refractivity contribution in [3.8, 4) is 0 Å². The molecule has 1 fully saturated rings. The summed E-state index contributed by atoms with van der Waals surface area (Å²) in [4.78, 5) is 12.0. The third-order valence-electron chi connectivity index (χ3n) is 6.53. The number of unbranched alkanes of at least 4 members (excludes halogenated alkanes) is 12. The fraction of sp³-hybridized carbons (Fsp3) is 0.960. The van der Waals surface area contributed by atoms with Gasteiger partial charge >= 0.3 is 5.97 Å². The van der Waals surface area contributed by atoms with Crippen LogP contribution in [0.15, 0.2) is 0 Å². The number of ether oxygens (including phenoxy) is 2. The Balaban J connectivity index is 1.87. The first-order valence-electron chi connectivity index (χ1n) is 13.2. The molecule has 0 bridgehead atoms. The smallest absolute Gasteiger partial charge is 0.306 e. The van der Waals surface area contributed by atoms with Crippen LogP contribution >= 0.6 is 0 Å². The Labute approximate surface area is 204 Å². The lowest BCUT2D eigenvalue weighted by Gasteiger charge is -2.24. The maximum atomic E-state index is 12.0. The second kappa shape index (κ2) is 19.4. The van der Waals surface area contributed by atoms with Crippen molar-refractivity contribution in [1.29, 1.82) is 0 Å². The van der Waals surface area contributed by atoms with Gasteiger partial charge in [0.25, 0.3) is 0 Å². The standard InChI is InChI=1S/C25H48O9/c26-16-20(29)19(28)14-12-10-8-6-4-2-1-3-5-7-9-11-13-15-23(31)34-22(17-27)25-24(32)21(30)18-33-25/h19-22,24-30,32H,1-18H2/t19?,20?,21-,22+,24+,25+/m0/s1. The molecule has 202 valence electrons. The zero-order valence-electron chi connectivity index (χ0n) is 20.6. The van der Waals surface area contributed by atoms with E-state index in [0.717, 1.165) is 44.9 Å². The summed E-state index contributed by atoms with van der Waals surface area (Å²) in [5.41, 5.74) is 0. The van der Waals surface area contributed by atoms with E-state index >= 15 is 0 Å². The van der Waals surface area contributed by atoms with E-state index in [0.29, 0.717) is 6.42 Å². The average molecular weight is 493 g/mol. The van der Waals surface area contributed by atoms with Crippen LogP contribution in [0.5, 0.6) is 0 Å². The number of aliphatic hydroxyl groups is 6. The van der Waals surface area contributed by atoms with Gasteiger partial charge in [-0.15, -0.1) is 0 Å². The van der Waals surface area contributed by atoms with Gasteiger partial charge in [-0.3, -0.25) is 4.79 Å². The van der Waals surface area contributed by atoms with Crippen LogP contribution < -0.4 is 0 Å². The van der Waals surface area contributed by atoms with Gasteiger partial charge in [0.05, 0.1) is 25.9 Å². The highest BCUT2D eigenvalue weighted by molar-refractivity contribution is 5.69. The van der Waals surface area contributed by atoms with E-state index in [1.165, 1.54) is 38.5 Å². The second-order valence-electron chi connectivity index (χ2n) is 9.52. The van der Waals surface area contributed by atoms with Crippen molar-refractivity contribution >= 4 is 5.97 Å². The van der Waals surface area contributed by atoms with Crippen molar-refractivity contribution in [3.05, 3.63) is 0 Å². The van der Waals surface area contributed by atoms with E-state index in [4.69, 9.17) is 14.6 Å². The number of hydrogen-bond acceptors (Lipinski definition) is 9. The minimum Gasteiger partial charge on any atom is -0.457 e. The molecule has 1 rings (SSSR count). The topological polar surface area (TPSA) is 157 Å². The summed E-state index contributed by atoms with van der Waals surface area (Å²) >= 11 is 0. The van der Waals surface area contributed by atoms with Gasteiger partial charge in [-0.05, 0) is 12.8 Å². The summed E-state index contributed by atoms with van der Waals surface area (Å²) in [6.07, 6.45) is 9.18. The summed E-state index contributed by atoms with van der Waals surface area (Å²) in [6, 6.07) is 0. The molecule has 1 heterocycles. The highest BCUT2D eigenvalue weighted by Gasteiger charge is 2.41. The van der Waals surface area contributed by atoms with Gasteiger partial charge in [-0.25, -0.2) is 0 Å². The lowest BCUT2D eigenvalue weighted by Crippen LogP contribution is -2.43. The molecular formula is C25H48O9. The summed E-state index contributed by atoms with van der Waals surface area (Å²) in [6.45, 7) is -0.886. The summed E-state index contributed by atoms with van der Waals surface area (Å²) in [5.74, 6) is -0.421. The number of esters is 1. The Morgan fingerprint density at radius 1 is 0.765 bits per heavy atom. The van der Waals surface area contributed by atoms with E-state index in [2.05, 4.69) is 0 Å². The molecule has 1 aliphatic heterocycles. The van der Waals surface area contributed by atoms with Gasteiger partial charge in [-0.1, -0.05) is 77.0 Å². The van der Waals surface area contributed by atoms with Crippen molar-refractivity contribution in [2.45, 2.75) is 133 Å². The largest absolute Gasteiger partial charge is 0.457 e. The predicted molar refractivity (Wildman–Crippen MR) is 127 cm³/mol. The van der Waals surface area contributed by atoms with Crippen LogP contribution in [-0.4, -0.2) is 93.1 Å². The molecule has 0 aromatic rings. The first-order valence-corrected chi connectivity index (χ1v) is 13.2. The molecule has 0 spiro atoms. The van der Waals surface area contributed by atoms with Crippen LogP contribution in [0.25, 0.3) is 0 Å². The van der Waals surface area contributed by atoms with Crippen LogP contribution in [0.3, 0.4) is 0 Å². The van der Waals surface area contributed by atoms with Crippen LogP contribution in [-0.2, 0) is 14.3 Å². The average Bonchev–Trinajstić information content (AvgIpc) is 3.17. The minimum absolute atomic E-state index is 0.0369. The molecule has 9 nitrogen and oxygen atoms in total. The molecule has 0 radical (unpaired) electrons. The van der Waals surface area contributed by atoms with E-state index in [1.807, 2.05) is 0 Å². The number of carbonyl (C=O) groups excluding carboxylic acids is 1. The quantitative estimate of drug-likeness (QED) is 0.103. The van der Waals surface area contributed by atoms with Gasteiger partial charge in [0.2, 0.25) is 0 Å². The maximum absolute atomic E-state index is 12.0. The van der Waals surface area contributed by atoms with Crippen molar-refractivity contribution in [2.24, 2.45) is 0 Å². The van der Waals surface area contributed by atoms with Crippen molar-refractivity contribution < 1.29 is 44.9 Å². The molecule has 0 aliphatic carbocycles. The van der Waals surface area contributed by atoms with Gasteiger partial charge in [0, 0.05) is 6.42 Å². The minimum atomic E-state index is -1.16. The fourth-order valence-corrected chi connectivity index (χ4v) is 4.27. The van der Waals surface area contributed by atoms with Crippen molar-refractivity contribution in [1.82, 2.24) is 0 Å². The molecule has 0 aromatic carbocycles. The van der Waals surface area contributed by atoms with Crippen LogP contribution in [0.4, 0.5) is 0 Å². The zero-order valence-corrected chi connectivity index (χ0v) is 20.6. The summed E-state index contributed by atoms with van der Waals surface area (Å²) in [7, 11) is 0. The van der Waals surface area contributed by atoms with E-state index < -0.39 is 55.8 Å². The molecule has 0 aromatic heterocycles. The third kappa shape index (κ3) is 13.3. The van der Waals surface area contributed by atoms with E-state index in [-0.39, 0.29) is 13.0 Å². The first kappa shape index (κ1) is 31.2. The molecule has 2 unspecified atom stereocenters. The van der Waals surface area contributed by atoms with Gasteiger partial charge in [0.1, 0.15) is 24.4 Å². The molecule has 0 amide bonds. The zero-order chi connectivity index (χ0) is 25.2. The molecular weight excluding hydrogens is 444 g/mol. The Kier molecular flexibility index (Phi) is 17.8. The molecule has 6 N–H and O–H groups in total. The fourth-order valence-electron chi connectivity index (χ4n) is 4.27. The van der Waals surface area contributed by atoms with E-state index in [1.54, 1.807) is 0 Å². The first-order chi connectivity index (χ1) is 16.4. The molecule has 34 heavy (non-hydrogen) atoms. The Hall–Kier alpha value is -0.810. The number of carbonyl (C=O) groups is 1. The van der Waals surface area contributed by atoms with Crippen LogP contribution in [0.2, 0.25) is 0 Å². The van der Waals surface area contributed by atoms with Gasteiger partial charge < -0.3 is 40.1 Å². The van der Waals surface area contributed by atoms with E-state index in [9.17, 15) is 30.3 Å². The van der Waals surface area contributed by atoms with Crippen molar-refractivity contribution in [3.63, 3.8) is 0 Å². The number of hydrogen-bond donors (Lipinski definition) is 6. The Morgan fingerprint density at radius 3 is 1.71 bits per heavy atom. The molecule has 9 heteroatoms. The molecule has 0 saturated carbocycles. The molecule has 1 saturated heterocycles. The Morgan fingerprint density at radius 2 is 1.26 bits per heavy atom. The lowest BCUT2D eigenvalue weighted by atomic mass is 10.0. The number of rotatable bonds is 21. The lowest BCUT2D eigenvalue weighted by molar-refractivity contribution is -0.162. The summed E-state index contributed by atoms with van der Waals surface area (Å²) in [5, 5.41) is 56.4. The number of aliphatic hydroxyl groups excluding tert-OH is 6. The molecule has 6 atom stereocenters. The molecule has 1 aliphatic rings. The predicted octanol–water partition coefficient (Wildman–Crippen LogP) is 1.58. The maximum Gasteiger partial charge on any atom is 0.306 e. The van der Waals surface area contributed by atoms with Crippen molar-refractivity contribution in [2.75, 3.05) is 19.8 Å². The highest BCUT2D eigenvalue weighted by atomic mass is 16.6. The SMILES string of the molecule is O=C(CCCCCCCCCCCCCCCC(O)C(O)CO)O[C@H](CO)[C@H]1OC[C@H](O)[C@H]1O. The second-order valence-corrected chi connectivity index (χ2v) is 9.52. The Bertz CT molecular complexity index is 505. The van der Waals surface area contributed by atoms with Crippen LogP contribution in [0, 0.1) is 0 Å². The third-order valence-corrected chi connectivity index (χ3v) is 6.53. The highest BCUT2D eigenvalue weighted by Crippen LogP contribution is 2.20. The van der Waals surface area contributed by atoms with Gasteiger partial charge in [-0.2, -0.15) is 0 Å². The van der Waals surface area contributed by atoms with Crippen LogP contribution in [0.1, 0.15) is 96.3 Å².